The van der Waals surface area contributed by atoms with Gasteiger partial charge in [-0.2, -0.15) is 5.10 Å². The summed E-state index contributed by atoms with van der Waals surface area (Å²) in [5, 5.41) is 9.14. The Labute approximate surface area is 130 Å². The standard InChI is InChI=1S/C16H17N3O2S/c1-13(11-14-5-3-2-4-6-14)12-18-19-15-7-9-16(10-8-15)22(17,20)21/h2-12,19H,1H3,(H2,17,20,21)/b13-11-,18-12-. The van der Waals surface area contributed by atoms with Crippen molar-refractivity contribution in [3.05, 3.63) is 65.7 Å². The maximum absolute atomic E-state index is 11.1. The number of allylic oxidation sites excluding steroid dienone is 1. The van der Waals surface area contributed by atoms with E-state index in [0.29, 0.717) is 5.69 Å². The summed E-state index contributed by atoms with van der Waals surface area (Å²) in [7, 11) is -3.66. The minimum Gasteiger partial charge on any atom is -0.279 e. The van der Waals surface area contributed by atoms with Crippen LogP contribution in [0.3, 0.4) is 0 Å². The van der Waals surface area contributed by atoms with E-state index in [9.17, 15) is 8.42 Å². The number of hydrogen-bond acceptors (Lipinski definition) is 4. The number of hydrogen-bond donors (Lipinski definition) is 2. The number of primary sulfonamides is 1. The van der Waals surface area contributed by atoms with Crippen LogP contribution in [-0.2, 0) is 10.0 Å². The number of nitrogens with one attached hydrogen (secondary N) is 1. The Balaban J connectivity index is 1.99. The molecule has 114 valence electrons. The molecule has 22 heavy (non-hydrogen) atoms. The van der Waals surface area contributed by atoms with E-state index < -0.39 is 10.0 Å². The fourth-order valence-electron chi connectivity index (χ4n) is 1.78. The van der Waals surface area contributed by atoms with Crippen molar-refractivity contribution in [3.8, 4) is 0 Å². The molecule has 3 N–H and O–H groups in total. The first-order valence-electron chi connectivity index (χ1n) is 6.60. The van der Waals surface area contributed by atoms with Crippen molar-refractivity contribution in [1.82, 2.24) is 0 Å². The first-order valence-corrected chi connectivity index (χ1v) is 8.15. The minimum atomic E-state index is -3.66. The maximum atomic E-state index is 11.1. The van der Waals surface area contributed by atoms with E-state index in [1.54, 1.807) is 18.3 Å². The lowest BCUT2D eigenvalue weighted by Crippen LogP contribution is -2.11. The number of benzene rings is 2. The lowest BCUT2D eigenvalue weighted by Gasteiger charge is -2.02. The molecule has 0 aliphatic carbocycles. The fraction of sp³-hybridized carbons (Fsp3) is 0.0625. The smallest absolute Gasteiger partial charge is 0.238 e. The highest BCUT2D eigenvalue weighted by atomic mass is 32.2. The first-order chi connectivity index (χ1) is 10.4. The normalized spacial score (nSPS) is 12.5. The largest absolute Gasteiger partial charge is 0.279 e. The molecule has 2 rings (SSSR count). The third-order valence-electron chi connectivity index (χ3n) is 2.84. The van der Waals surface area contributed by atoms with Gasteiger partial charge in [0.05, 0.1) is 16.8 Å². The molecule has 0 aliphatic heterocycles. The van der Waals surface area contributed by atoms with Gasteiger partial charge >= 0.3 is 0 Å². The average Bonchev–Trinajstić information content (AvgIpc) is 2.48. The van der Waals surface area contributed by atoms with E-state index in [1.165, 1.54) is 12.1 Å². The molecular weight excluding hydrogens is 298 g/mol. The number of nitrogens with two attached hydrogens (primary N) is 1. The van der Waals surface area contributed by atoms with Crippen molar-refractivity contribution < 1.29 is 8.42 Å². The zero-order chi connectivity index (χ0) is 16.0. The Morgan fingerprint density at radius 1 is 1.09 bits per heavy atom. The van der Waals surface area contributed by atoms with E-state index in [1.807, 2.05) is 43.3 Å². The zero-order valence-electron chi connectivity index (χ0n) is 12.1. The van der Waals surface area contributed by atoms with Crippen LogP contribution < -0.4 is 10.6 Å². The molecule has 5 nitrogen and oxygen atoms in total. The minimum absolute atomic E-state index is 0.0715. The first kappa shape index (κ1) is 15.9. The highest BCUT2D eigenvalue weighted by Crippen LogP contribution is 2.12. The van der Waals surface area contributed by atoms with Gasteiger partial charge in [0.15, 0.2) is 0 Å². The summed E-state index contributed by atoms with van der Waals surface area (Å²) >= 11 is 0. The van der Waals surface area contributed by atoms with Crippen molar-refractivity contribution in [1.29, 1.82) is 0 Å². The molecule has 0 saturated carbocycles. The molecule has 0 saturated heterocycles. The molecule has 0 heterocycles. The van der Waals surface area contributed by atoms with Gasteiger partial charge < -0.3 is 0 Å². The Morgan fingerprint density at radius 3 is 2.32 bits per heavy atom. The van der Waals surface area contributed by atoms with E-state index in [-0.39, 0.29) is 4.90 Å². The molecule has 0 aliphatic rings. The van der Waals surface area contributed by atoms with Crippen LogP contribution in [0.1, 0.15) is 12.5 Å². The Kier molecular flexibility index (Phi) is 5.08. The van der Waals surface area contributed by atoms with Gasteiger partial charge in [0.1, 0.15) is 0 Å². The van der Waals surface area contributed by atoms with Crippen molar-refractivity contribution in [2.75, 3.05) is 5.43 Å². The van der Waals surface area contributed by atoms with Gasteiger partial charge in [-0.25, -0.2) is 13.6 Å². The zero-order valence-corrected chi connectivity index (χ0v) is 12.9. The molecule has 0 amide bonds. The van der Waals surface area contributed by atoms with Crippen LogP contribution in [-0.4, -0.2) is 14.6 Å². The third-order valence-corrected chi connectivity index (χ3v) is 3.77. The number of rotatable bonds is 5. The van der Waals surface area contributed by atoms with Gasteiger partial charge in [-0.1, -0.05) is 36.4 Å². The average molecular weight is 315 g/mol. The predicted molar refractivity (Wildman–Crippen MR) is 90.0 cm³/mol. The van der Waals surface area contributed by atoms with Crippen LogP contribution >= 0.6 is 0 Å². The summed E-state index contributed by atoms with van der Waals surface area (Å²) in [6, 6.07) is 16.0. The number of hydrazone groups is 1. The van der Waals surface area contributed by atoms with E-state index in [0.717, 1.165) is 11.1 Å². The molecule has 0 bridgehead atoms. The topological polar surface area (TPSA) is 84.5 Å². The molecule has 0 aromatic heterocycles. The highest BCUT2D eigenvalue weighted by molar-refractivity contribution is 7.89. The van der Waals surface area contributed by atoms with E-state index in [2.05, 4.69) is 10.5 Å². The van der Waals surface area contributed by atoms with Crippen LogP contribution in [0.5, 0.6) is 0 Å². The van der Waals surface area contributed by atoms with Crippen LogP contribution in [0, 0.1) is 0 Å². The van der Waals surface area contributed by atoms with E-state index in [4.69, 9.17) is 5.14 Å². The predicted octanol–water partition coefficient (Wildman–Crippen LogP) is 2.84. The molecule has 2 aromatic rings. The fourth-order valence-corrected chi connectivity index (χ4v) is 2.29. The summed E-state index contributed by atoms with van der Waals surface area (Å²) in [5.74, 6) is 0. The van der Waals surface area contributed by atoms with Gasteiger partial charge in [-0.3, -0.25) is 5.43 Å². The summed E-state index contributed by atoms with van der Waals surface area (Å²) in [6.07, 6.45) is 3.70. The van der Waals surface area contributed by atoms with Gasteiger partial charge in [0.25, 0.3) is 0 Å². The lowest BCUT2D eigenvalue weighted by atomic mass is 10.1. The number of nitrogens with zero attached hydrogens (tertiary/aromatic N) is 1. The summed E-state index contributed by atoms with van der Waals surface area (Å²) in [4.78, 5) is 0.0715. The maximum Gasteiger partial charge on any atom is 0.238 e. The molecule has 0 radical (unpaired) electrons. The van der Waals surface area contributed by atoms with Crippen LogP contribution in [0.15, 0.2) is 70.2 Å². The Bertz CT molecular complexity index is 780. The quantitative estimate of drug-likeness (QED) is 0.657. The lowest BCUT2D eigenvalue weighted by molar-refractivity contribution is 0.598. The van der Waals surface area contributed by atoms with Crippen molar-refractivity contribution in [2.45, 2.75) is 11.8 Å². The second kappa shape index (κ2) is 7.02. The molecule has 0 fully saturated rings. The van der Waals surface area contributed by atoms with Crippen molar-refractivity contribution in [3.63, 3.8) is 0 Å². The van der Waals surface area contributed by atoms with Crippen LogP contribution in [0.25, 0.3) is 6.08 Å². The molecule has 0 unspecified atom stereocenters. The highest BCUT2D eigenvalue weighted by Gasteiger charge is 2.05. The summed E-state index contributed by atoms with van der Waals surface area (Å²) in [6.45, 7) is 1.95. The van der Waals surface area contributed by atoms with Gasteiger partial charge in [-0.15, -0.1) is 0 Å². The van der Waals surface area contributed by atoms with E-state index >= 15 is 0 Å². The van der Waals surface area contributed by atoms with Gasteiger partial charge in [0, 0.05) is 0 Å². The number of sulfonamides is 1. The SMILES string of the molecule is CC(/C=N\Nc1ccc(S(N)(=O)=O)cc1)=C/c1ccccc1. The third kappa shape index (κ3) is 4.83. The van der Waals surface area contributed by atoms with Crippen LogP contribution in [0.2, 0.25) is 0 Å². The molecule has 2 aromatic carbocycles. The Hall–Kier alpha value is -2.44. The monoisotopic (exact) mass is 315 g/mol. The van der Waals surface area contributed by atoms with Crippen molar-refractivity contribution in [2.24, 2.45) is 10.2 Å². The summed E-state index contributed by atoms with van der Waals surface area (Å²) in [5.41, 5.74) is 5.60. The van der Waals surface area contributed by atoms with Gasteiger partial charge in [0.2, 0.25) is 10.0 Å². The van der Waals surface area contributed by atoms with Crippen LogP contribution in [0.4, 0.5) is 5.69 Å². The second-order valence-electron chi connectivity index (χ2n) is 4.74. The Morgan fingerprint density at radius 2 is 1.73 bits per heavy atom. The molecule has 0 spiro atoms. The molecule has 6 heteroatoms. The second-order valence-corrected chi connectivity index (χ2v) is 6.30. The van der Waals surface area contributed by atoms with Gasteiger partial charge in [-0.05, 0) is 42.3 Å². The van der Waals surface area contributed by atoms with Crippen molar-refractivity contribution >= 4 is 28.0 Å². The molecular formula is C16H17N3O2S. The summed E-state index contributed by atoms with van der Waals surface area (Å²) < 4.78 is 22.3. The number of anilines is 1. The molecule has 0 atom stereocenters.